The number of halogens is 2. The Kier molecular flexibility index (Phi) is 6.90. The second-order valence-electron chi connectivity index (χ2n) is 9.11. The van der Waals surface area contributed by atoms with Crippen LogP contribution in [0.5, 0.6) is 0 Å². The van der Waals surface area contributed by atoms with Gasteiger partial charge in [0.2, 0.25) is 5.91 Å². The number of carbonyl (C=O) groups is 1. The normalized spacial score (nSPS) is 13.8. The van der Waals surface area contributed by atoms with Crippen molar-refractivity contribution in [2.24, 2.45) is 0 Å². The van der Waals surface area contributed by atoms with Crippen LogP contribution in [-0.2, 0) is 4.79 Å². The number of nitrogens with zero attached hydrogens (tertiary/aromatic N) is 5. The van der Waals surface area contributed by atoms with Crippen molar-refractivity contribution in [1.82, 2.24) is 14.3 Å². The Morgan fingerprint density at radius 3 is 2.44 bits per heavy atom. The first-order valence-corrected chi connectivity index (χ1v) is 12.7. The average molecular weight is 522 g/mol. The molecule has 1 N–H and O–H groups in total. The predicted octanol–water partition coefficient (Wildman–Crippen LogP) is 4.59. The van der Waals surface area contributed by atoms with E-state index in [1.165, 1.54) is 5.56 Å². The molecular weight excluding hydrogens is 495 g/mol. The minimum atomic E-state index is 0.0222. The summed E-state index contributed by atoms with van der Waals surface area (Å²) < 4.78 is 1.88. The van der Waals surface area contributed by atoms with Crippen LogP contribution in [-0.4, -0.2) is 52.9 Å². The molecule has 1 aliphatic heterocycles. The van der Waals surface area contributed by atoms with Crippen molar-refractivity contribution in [3.8, 4) is 11.3 Å². The fourth-order valence-electron chi connectivity index (χ4n) is 4.49. The zero-order valence-electron chi connectivity index (χ0n) is 20.2. The maximum absolute atomic E-state index is 13.1. The van der Waals surface area contributed by atoms with E-state index in [1.54, 1.807) is 6.20 Å². The molecule has 0 saturated carbocycles. The first kappa shape index (κ1) is 24.2. The molecule has 3 heterocycles. The number of anilines is 2. The van der Waals surface area contributed by atoms with Gasteiger partial charge in [-0.1, -0.05) is 67.4 Å². The molecule has 0 atom stereocenters. The molecule has 0 unspecified atom stereocenters. The van der Waals surface area contributed by atoms with Gasteiger partial charge < -0.3 is 15.1 Å². The predicted molar refractivity (Wildman–Crippen MR) is 143 cm³/mol. The molecule has 9 heteroatoms. The number of imidazole rings is 1. The molecule has 1 saturated heterocycles. The number of rotatable bonds is 6. The summed E-state index contributed by atoms with van der Waals surface area (Å²) in [6.45, 7) is 7.01. The highest BCUT2D eigenvalue weighted by atomic mass is 35.5. The standard InChI is InChI=1S/C27H26Cl2N6O/c1-18(2)19-6-8-20(9-7-19)25-27(35-11-10-30-16-23(35)32-25)31-17-24(36)33-12-14-34(15-13-33)26-21(28)4-3-5-22(26)29/h3-11,18H,12-15,17H2,1-2H3/p+1. The third kappa shape index (κ3) is 4.79. The SMILES string of the molecule is CC(C)c1ccc(-c2nc3c#[n+]ccn3c2NCC(=O)N2CCN(c3c(Cl)cccc3Cl)CC2)cc1. The van der Waals surface area contributed by atoms with Crippen molar-refractivity contribution in [3.05, 3.63) is 76.7 Å². The van der Waals surface area contributed by atoms with Gasteiger partial charge in [0, 0.05) is 31.7 Å². The molecular formula is C27H27Cl2N6O+. The van der Waals surface area contributed by atoms with Crippen LogP contribution in [0.1, 0.15) is 25.3 Å². The van der Waals surface area contributed by atoms with Crippen LogP contribution < -0.4 is 15.2 Å². The number of fused-ring (bicyclic) bond motifs is 1. The fourth-order valence-corrected chi connectivity index (χ4v) is 5.13. The lowest BCUT2D eigenvalue weighted by atomic mass is 10.0. The van der Waals surface area contributed by atoms with Gasteiger partial charge in [0.15, 0.2) is 0 Å². The van der Waals surface area contributed by atoms with Gasteiger partial charge in [-0.25, -0.2) is 4.98 Å². The lowest BCUT2D eigenvalue weighted by Crippen LogP contribution is -2.50. The smallest absolute Gasteiger partial charge is 0.359 e. The maximum Gasteiger partial charge on any atom is 0.359 e. The van der Waals surface area contributed by atoms with Crippen molar-refractivity contribution >= 4 is 46.3 Å². The number of benzene rings is 2. The summed E-state index contributed by atoms with van der Waals surface area (Å²) in [5.41, 5.74) is 4.42. The number of aromatic nitrogens is 3. The van der Waals surface area contributed by atoms with Crippen molar-refractivity contribution in [2.45, 2.75) is 19.8 Å². The number of carbonyl (C=O) groups excluding carboxylic acids is 1. The van der Waals surface area contributed by atoms with Crippen LogP contribution in [0.25, 0.3) is 16.9 Å². The Morgan fingerprint density at radius 2 is 1.78 bits per heavy atom. The highest BCUT2D eigenvalue weighted by Gasteiger charge is 2.25. The Hall–Kier alpha value is -3.47. The summed E-state index contributed by atoms with van der Waals surface area (Å²) >= 11 is 12.7. The number of nitrogens with one attached hydrogen (secondary N) is 1. The molecule has 36 heavy (non-hydrogen) atoms. The van der Waals surface area contributed by atoms with E-state index in [0.29, 0.717) is 47.8 Å². The van der Waals surface area contributed by atoms with Gasteiger partial charge >= 0.3 is 12.4 Å². The third-order valence-electron chi connectivity index (χ3n) is 6.51. The van der Waals surface area contributed by atoms with Crippen molar-refractivity contribution in [3.63, 3.8) is 0 Å². The topological polar surface area (TPSA) is 67.0 Å². The quantitative estimate of drug-likeness (QED) is 0.401. The van der Waals surface area contributed by atoms with Crippen LogP contribution in [0, 0.1) is 6.20 Å². The molecule has 0 bridgehead atoms. The largest absolute Gasteiger partial charge is 0.366 e. The van der Waals surface area contributed by atoms with Gasteiger partial charge in [-0.2, -0.15) is 0 Å². The zero-order valence-corrected chi connectivity index (χ0v) is 21.7. The van der Waals surface area contributed by atoms with Gasteiger partial charge in [-0.15, -0.1) is 0 Å². The molecule has 184 valence electrons. The molecule has 1 fully saturated rings. The van der Waals surface area contributed by atoms with Crippen LogP contribution in [0.4, 0.5) is 11.5 Å². The van der Waals surface area contributed by atoms with Gasteiger partial charge in [0.05, 0.1) is 28.5 Å². The second-order valence-corrected chi connectivity index (χ2v) is 9.92. The number of para-hydroxylation sites is 1. The minimum absolute atomic E-state index is 0.0222. The lowest BCUT2D eigenvalue weighted by molar-refractivity contribution is -0.293. The van der Waals surface area contributed by atoms with E-state index in [0.717, 1.165) is 22.8 Å². The molecule has 1 amide bonds. The molecule has 2 aromatic carbocycles. The van der Waals surface area contributed by atoms with E-state index in [9.17, 15) is 4.79 Å². The van der Waals surface area contributed by atoms with Crippen LogP contribution in [0.2, 0.25) is 10.0 Å². The van der Waals surface area contributed by atoms with E-state index < -0.39 is 0 Å². The summed E-state index contributed by atoms with van der Waals surface area (Å²) in [7, 11) is 0. The monoisotopic (exact) mass is 521 g/mol. The Morgan fingerprint density at radius 1 is 1.08 bits per heavy atom. The summed E-state index contributed by atoms with van der Waals surface area (Å²) in [4.78, 5) is 25.9. The Balaban J connectivity index is 1.30. The summed E-state index contributed by atoms with van der Waals surface area (Å²) in [5.74, 6) is 1.21. The molecule has 7 nitrogen and oxygen atoms in total. The van der Waals surface area contributed by atoms with Crippen LogP contribution >= 0.6 is 23.2 Å². The zero-order chi connectivity index (χ0) is 25.2. The maximum atomic E-state index is 13.1. The van der Waals surface area contributed by atoms with E-state index >= 15 is 0 Å². The highest BCUT2D eigenvalue weighted by molar-refractivity contribution is 6.39. The number of amides is 1. The molecule has 5 rings (SSSR count). The summed E-state index contributed by atoms with van der Waals surface area (Å²) in [6, 6.07) is 13.9. The van der Waals surface area contributed by atoms with E-state index in [1.807, 2.05) is 33.7 Å². The van der Waals surface area contributed by atoms with Crippen LogP contribution in [0.3, 0.4) is 0 Å². The average Bonchev–Trinajstić information content (AvgIpc) is 3.26. The lowest BCUT2D eigenvalue weighted by Gasteiger charge is -2.37. The number of piperazine rings is 1. The van der Waals surface area contributed by atoms with Gasteiger partial charge in [0.1, 0.15) is 11.5 Å². The van der Waals surface area contributed by atoms with Crippen LogP contribution in [0.15, 0.2) is 54.9 Å². The fraction of sp³-hybridized carbons (Fsp3) is 0.296. The van der Waals surface area contributed by atoms with Gasteiger partial charge in [0.25, 0.3) is 5.65 Å². The summed E-state index contributed by atoms with van der Waals surface area (Å²) in [6.07, 6.45) is 6.41. The van der Waals surface area contributed by atoms with E-state index in [-0.39, 0.29) is 12.5 Å². The Bertz CT molecular complexity index is 1360. The van der Waals surface area contributed by atoms with Crippen molar-refractivity contribution in [2.75, 3.05) is 42.9 Å². The first-order valence-electron chi connectivity index (χ1n) is 12.0. The van der Waals surface area contributed by atoms with Crippen molar-refractivity contribution in [1.29, 1.82) is 0 Å². The molecule has 4 aromatic rings. The molecule has 0 spiro atoms. The van der Waals surface area contributed by atoms with E-state index in [2.05, 4.69) is 59.5 Å². The third-order valence-corrected chi connectivity index (χ3v) is 7.12. The van der Waals surface area contributed by atoms with Gasteiger partial charge in [-0.05, 0) is 28.6 Å². The minimum Gasteiger partial charge on any atom is -0.366 e. The molecule has 0 radical (unpaired) electrons. The first-order chi connectivity index (χ1) is 17.4. The molecule has 1 aliphatic rings. The second kappa shape index (κ2) is 10.3. The molecule has 0 aliphatic carbocycles. The summed E-state index contributed by atoms with van der Waals surface area (Å²) in [5, 5.41) is 4.58. The Labute approximate surface area is 220 Å². The number of hydrogen-bond donors (Lipinski definition) is 1. The van der Waals surface area contributed by atoms with Crippen molar-refractivity contribution < 1.29 is 9.78 Å². The van der Waals surface area contributed by atoms with Gasteiger partial charge in [-0.3, -0.25) is 9.20 Å². The highest BCUT2D eigenvalue weighted by Crippen LogP contribution is 2.34. The van der Waals surface area contributed by atoms with E-state index in [4.69, 9.17) is 28.2 Å². The molecule has 2 aromatic heterocycles. The number of hydrogen-bond acceptors (Lipinski definition) is 4.